The molecule has 8 nitrogen and oxygen atoms in total. The van der Waals surface area contributed by atoms with Crippen LogP contribution in [0.4, 0.5) is 5.13 Å². The number of amides is 1. The molecular weight excluding hydrogens is 532 g/mol. The lowest BCUT2D eigenvalue weighted by Crippen LogP contribution is -2.44. The van der Waals surface area contributed by atoms with Crippen LogP contribution in [-0.2, 0) is 21.4 Å². The second-order valence-electron chi connectivity index (χ2n) is 8.68. The minimum atomic E-state index is -3.66. The van der Waals surface area contributed by atoms with E-state index in [-0.39, 0.29) is 36.4 Å². The van der Waals surface area contributed by atoms with E-state index in [1.54, 1.807) is 30.3 Å². The van der Waals surface area contributed by atoms with E-state index in [9.17, 15) is 13.2 Å². The average molecular weight is 557 g/mol. The van der Waals surface area contributed by atoms with Crippen molar-refractivity contribution in [2.75, 3.05) is 25.1 Å². The number of benzene rings is 2. The van der Waals surface area contributed by atoms with E-state index >= 15 is 0 Å². The highest BCUT2D eigenvalue weighted by Crippen LogP contribution is 2.36. The van der Waals surface area contributed by atoms with Gasteiger partial charge in [0.05, 0.1) is 28.9 Å². The molecule has 2 aromatic carbocycles. The third-order valence-corrected chi connectivity index (χ3v) is 9.60. The van der Waals surface area contributed by atoms with E-state index in [0.717, 1.165) is 10.4 Å². The minimum absolute atomic E-state index is 0.0905. The van der Waals surface area contributed by atoms with E-state index in [0.29, 0.717) is 34.3 Å². The monoisotopic (exact) mass is 556 g/mol. The summed E-state index contributed by atoms with van der Waals surface area (Å²) in [5.74, 6) is 0.215. The number of anilines is 1. The topological polar surface area (TPSA) is 92.7 Å². The first kappa shape index (κ1) is 25.6. The van der Waals surface area contributed by atoms with Crippen molar-refractivity contribution < 1.29 is 17.9 Å². The van der Waals surface area contributed by atoms with E-state index in [1.807, 2.05) is 36.4 Å². The Labute approximate surface area is 224 Å². The molecule has 0 N–H and O–H groups in total. The summed E-state index contributed by atoms with van der Waals surface area (Å²) in [6.45, 7) is 0.782. The van der Waals surface area contributed by atoms with Crippen LogP contribution in [0.15, 0.2) is 71.8 Å². The number of aromatic nitrogens is 2. The lowest BCUT2D eigenvalue weighted by molar-refractivity contribution is -0.123. The molecule has 1 aliphatic rings. The van der Waals surface area contributed by atoms with Gasteiger partial charge in [-0.05, 0) is 61.4 Å². The molecule has 0 unspecified atom stereocenters. The van der Waals surface area contributed by atoms with Crippen LogP contribution in [0.5, 0.6) is 5.75 Å². The van der Waals surface area contributed by atoms with Gasteiger partial charge in [0.25, 0.3) is 0 Å². The summed E-state index contributed by atoms with van der Waals surface area (Å²) in [6.07, 6.45) is 2.52. The van der Waals surface area contributed by atoms with Crippen molar-refractivity contribution in [2.45, 2.75) is 24.3 Å². The molecule has 0 atom stereocenters. The number of sulfonamides is 1. The minimum Gasteiger partial charge on any atom is -0.494 e. The van der Waals surface area contributed by atoms with Crippen molar-refractivity contribution >= 4 is 54.2 Å². The molecular formula is C26H25ClN4O4S2. The van der Waals surface area contributed by atoms with E-state index < -0.39 is 10.0 Å². The van der Waals surface area contributed by atoms with Crippen LogP contribution >= 0.6 is 22.9 Å². The van der Waals surface area contributed by atoms with Gasteiger partial charge >= 0.3 is 0 Å². The highest BCUT2D eigenvalue weighted by molar-refractivity contribution is 7.89. The van der Waals surface area contributed by atoms with Gasteiger partial charge in [-0.15, -0.1) is 0 Å². The predicted molar refractivity (Wildman–Crippen MR) is 145 cm³/mol. The number of fused-ring (bicyclic) bond motifs is 1. The molecule has 1 amide bonds. The fourth-order valence-electron chi connectivity index (χ4n) is 4.40. The van der Waals surface area contributed by atoms with Gasteiger partial charge in [0.15, 0.2) is 5.13 Å². The third-order valence-electron chi connectivity index (χ3n) is 6.39. The summed E-state index contributed by atoms with van der Waals surface area (Å²) >= 11 is 7.33. The smallest absolute Gasteiger partial charge is 0.243 e. The van der Waals surface area contributed by atoms with Gasteiger partial charge in [0.2, 0.25) is 15.9 Å². The molecule has 5 rings (SSSR count). The van der Waals surface area contributed by atoms with Crippen molar-refractivity contribution in [2.24, 2.45) is 5.92 Å². The molecule has 4 aromatic rings. The van der Waals surface area contributed by atoms with E-state index in [4.69, 9.17) is 21.3 Å². The molecule has 0 bridgehead atoms. The zero-order valence-corrected chi connectivity index (χ0v) is 22.5. The Balaban J connectivity index is 1.38. The van der Waals surface area contributed by atoms with E-state index in [1.165, 1.54) is 27.8 Å². The average Bonchev–Trinajstić information content (AvgIpc) is 3.36. The quantitative estimate of drug-likeness (QED) is 0.318. The van der Waals surface area contributed by atoms with Crippen LogP contribution < -0.4 is 9.64 Å². The zero-order valence-electron chi connectivity index (χ0n) is 20.1. The first-order valence-electron chi connectivity index (χ1n) is 11.8. The van der Waals surface area contributed by atoms with Crippen molar-refractivity contribution in [3.05, 3.63) is 77.6 Å². The van der Waals surface area contributed by atoms with Gasteiger partial charge < -0.3 is 4.74 Å². The van der Waals surface area contributed by atoms with Crippen molar-refractivity contribution in [1.29, 1.82) is 0 Å². The van der Waals surface area contributed by atoms with Crippen LogP contribution in [0.25, 0.3) is 10.2 Å². The summed E-state index contributed by atoms with van der Waals surface area (Å²) in [7, 11) is -2.06. The predicted octanol–water partition coefficient (Wildman–Crippen LogP) is 4.99. The Hall–Kier alpha value is -3.05. The van der Waals surface area contributed by atoms with Gasteiger partial charge in [-0.3, -0.25) is 14.7 Å². The molecule has 0 radical (unpaired) electrons. The SMILES string of the molecule is COc1cccc2sc(N(Cc3ccccn3)C(=O)C3CCN(S(=O)(=O)c4ccc(Cl)cc4)CC3)nc12. The number of halogens is 1. The first-order chi connectivity index (χ1) is 17.9. The van der Waals surface area contributed by atoms with Gasteiger partial charge in [-0.25, -0.2) is 13.4 Å². The van der Waals surface area contributed by atoms with Gasteiger partial charge in [-0.1, -0.05) is 35.1 Å². The number of pyridine rings is 1. The fraction of sp³-hybridized carbons (Fsp3) is 0.269. The maximum Gasteiger partial charge on any atom is 0.243 e. The van der Waals surface area contributed by atoms with Crippen molar-refractivity contribution in [3.63, 3.8) is 0 Å². The van der Waals surface area contributed by atoms with Crippen LogP contribution in [0.3, 0.4) is 0 Å². The fourth-order valence-corrected chi connectivity index (χ4v) is 6.99. The highest BCUT2D eigenvalue weighted by Gasteiger charge is 2.35. The zero-order chi connectivity index (χ0) is 26.0. The standard InChI is InChI=1S/C26H25ClN4O4S2/c1-35-22-6-4-7-23-24(22)29-26(36-23)31(17-20-5-2-3-14-28-20)25(32)18-12-15-30(16-13-18)37(33,34)21-10-8-19(27)9-11-21/h2-11,14,18H,12-13,15-17H2,1H3. The summed E-state index contributed by atoms with van der Waals surface area (Å²) in [4.78, 5) is 24.9. The second kappa shape index (κ2) is 10.7. The molecule has 1 fully saturated rings. The maximum absolute atomic E-state index is 13.8. The number of para-hydroxylation sites is 1. The summed E-state index contributed by atoms with van der Waals surface area (Å²) < 4.78 is 34.0. The van der Waals surface area contributed by atoms with E-state index in [2.05, 4.69) is 4.98 Å². The molecule has 3 heterocycles. The highest BCUT2D eigenvalue weighted by atomic mass is 35.5. The number of hydrogen-bond acceptors (Lipinski definition) is 7. The van der Waals surface area contributed by atoms with Gasteiger partial charge in [0, 0.05) is 30.2 Å². The Morgan fingerprint density at radius 2 is 1.86 bits per heavy atom. The second-order valence-corrected chi connectivity index (χ2v) is 12.1. The lowest BCUT2D eigenvalue weighted by Gasteiger charge is -2.33. The summed E-state index contributed by atoms with van der Waals surface area (Å²) in [6, 6.07) is 17.4. The Bertz CT molecular complexity index is 1500. The van der Waals surface area contributed by atoms with Crippen LogP contribution in [0.1, 0.15) is 18.5 Å². The molecule has 2 aromatic heterocycles. The number of hydrogen-bond donors (Lipinski definition) is 0. The number of ether oxygens (including phenoxy) is 1. The molecule has 11 heteroatoms. The van der Waals surface area contributed by atoms with Crippen LogP contribution in [0.2, 0.25) is 5.02 Å². The normalized spacial score (nSPS) is 15.1. The van der Waals surface area contributed by atoms with Crippen LogP contribution in [0, 0.1) is 5.92 Å². The first-order valence-corrected chi connectivity index (χ1v) is 14.4. The lowest BCUT2D eigenvalue weighted by atomic mass is 9.96. The maximum atomic E-state index is 13.8. The molecule has 0 aliphatic carbocycles. The molecule has 0 saturated carbocycles. The Kier molecular flexibility index (Phi) is 7.43. The van der Waals surface area contributed by atoms with Crippen LogP contribution in [-0.4, -0.2) is 48.8 Å². The number of nitrogens with zero attached hydrogens (tertiary/aromatic N) is 4. The van der Waals surface area contributed by atoms with Crippen molar-refractivity contribution in [1.82, 2.24) is 14.3 Å². The summed E-state index contributed by atoms with van der Waals surface area (Å²) in [5, 5.41) is 1.04. The Morgan fingerprint density at radius 3 is 2.54 bits per heavy atom. The number of carbonyl (C=O) groups excluding carboxylic acids is 1. The number of carbonyl (C=O) groups is 1. The molecule has 37 heavy (non-hydrogen) atoms. The number of methoxy groups -OCH3 is 1. The Morgan fingerprint density at radius 1 is 1.11 bits per heavy atom. The van der Waals surface area contributed by atoms with Gasteiger partial charge in [0.1, 0.15) is 11.3 Å². The van der Waals surface area contributed by atoms with Gasteiger partial charge in [-0.2, -0.15) is 4.31 Å². The number of piperidine rings is 1. The molecule has 1 aliphatic heterocycles. The number of thiazole rings is 1. The summed E-state index contributed by atoms with van der Waals surface area (Å²) in [5.41, 5.74) is 1.44. The molecule has 0 spiro atoms. The number of rotatable bonds is 7. The molecule has 192 valence electrons. The molecule has 1 saturated heterocycles. The third kappa shape index (κ3) is 5.33. The largest absolute Gasteiger partial charge is 0.494 e. The van der Waals surface area contributed by atoms with Crippen molar-refractivity contribution in [3.8, 4) is 5.75 Å².